The van der Waals surface area contributed by atoms with E-state index in [2.05, 4.69) is 6.58 Å². The Balaban J connectivity index is 0. The van der Waals surface area contributed by atoms with Gasteiger partial charge in [-0.15, -0.1) is 0 Å². The molecular formula is C13H7F17O4. The van der Waals surface area contributed by atoms with Gasteiger partial charge in [-0.2, -0.15) is 74.6 Å². The highest BCUT2D eigenvalue weighted by molar-refractivity contribution is 5.94. The third-order valence-electron chi connectivity index (χ3n) is 3.26. The standard InChI is InChI=1S/C9HF17O2.C4H6O2/c10-2(11,1(27)3(12,28)5(15,16)8(21,22)23)4(13,14)6(17,18)7(19,20)9(24,25)26;1-3(2)4(5)6/h28H;1H2,2H3,(H,5,6). The van der Waals surface area contributed by atoms with Crippen molar-refractivity contribution in [3.8, 4) is 0 Å². The maximum absolute atomic E-state index is 13.0. The first-order chi connectivity index (χ1) is 14.3. The molecule has 0 aliphatic rings. The number of rotatable bonds is 7. The molecule has 0 rings (SSSR count). The number of aliphatic hydroxyl groups is 1. The van der Waals surface area contributed by atoms with Crippen LogP contribution in [0.4, 0.5) is 74.6 Å². The molecule has 0 bridgehead atoms. The van der Waals surface area contributed by atoms with Gasteiger partial charge >= 0.3 is 53.8 Å². The molecule has 0 saturated heterocycles. The Bertz CT molecular complexity index is 778. The maximum Gasteiger partial charge on any atom is 0.460 e. The first-order valence-electron chi connectivity index (χ1n) is 7.17. The summed E-state index contributed by atoms with van der Waals surface area (Å²) in [5.74, 6) is -54.7. The number of halogens is 17. The lowest BCUT2D eigenvalue weighted by Crippen LogP contribution is -2.72. The Hall–Kier alpha value is -2.35. The van der Waals surface area contributed by atoms with Gasteiger partial charge in [0, 0.05) is 5.57 Å². The van der Waals surface area contributed by atoms with E-state index in [1.165, 1.54) is 6.92 Å². The fourth-order valence-corrected chi connectivity index (χ4v) is 1.25. The minimum atomic E-state index is -8.43. The van der Waals surface area contributed by atoms with Gasteiger partial charge in [-0.3, -0.25) is 4.79 Å². The van der Waals surface area contributed by atoms with Crippen LogP contribution in [-0.4, -0.2) is 69.8 Å². The molecule has 21 heteroatoms. The zero-order chi connectivity index (χ0) is 28.7. The summed E-state index contributed by atoms with van der Waals surface area (Å²) < 4.78 is 211. The molecule has 2 N–H and O–H groups in total. The normalized spacial score (nSPS) is 16.2. The molecule has 4 nitrogen and oxygen atoms in total. The molecule has 0 fully saturated rings. The Labute approximate surface area is 174 Å². The lowest BCUT2D eigenvalue weighted by atomic mass is 9.90. The number of carbonyl (C=O) groups excluding carboxylic acids is 1. The minimum Gasteiger partial charge on any atom is -0.478 e. The van der Waals surface area contributed by atoms with Crippen LogP contribution < -0.4 is 0 Å². The van der Waals surface area contributed by atoms with Crippen molar-refractivity contribution in [2.75, 3.05) is 0 Å². The van der Waals surface area contributed by atoms with Crippen LogP contribution in [0.25, 0.3) is 0 Å². The summed E-state index contributed by atoms with van der Waals surface area (Å²) in [4.78, 5) is 20.2. The molecule has 202 valence electrons. The Morgan fingerprint density at radius 3 is 1.06 bits per heavy atom. The van der Waals surface area contributed by atoms with Gasteiger partial charge in [-0.05, 0) is 6.92 Å². The van der Waals surface area contributed by atoms with Crippen molar-refractivity contribution in [2.45, 2.75) is 54.7 Å². The van der Waals surface area contributed by atoms with E-state index in [1.54, 1.807) is 0 Å². The van der Waals surface area contributed by atoms with Crippen LogP contribution in [-0.2, 0) is 9.59 Å². The molecule has 34 heavy (non-hydrogen) atoms. The van der Waals surface area contributed by atoms with E-state index < -0.39 is 59.6 Å². The summed E-state index contributed by atoms with van der Waals surface area (Å²) in [6, 6.07) is 0. The van der Waals surface area contributed by atoms with E-state index in [9.17, 15) is 84.2 Å². The van der Waals surface area contributed by atoms with Gasteiger partial charge in [0.15, 0.2) is 0 Å². The van der Waals surface area contributed by atoms with Crippen molar-refractivity contribution in [1.29, 1.82) is 0 Å². The van der Waals surface area contributed by atoms with E-state index >= 15 is 0 Å². The highest BCUT2D eigenvalue weighted by Gasteiger charge is 2.91. The van der Waals surface area contributed by atoms with Crippen molar-refractivity contribution in [3.05, 3.63) is 12.2 Å². The predicted octanol–water partition coefficient (Wildman–Crippen LogP) is 5.16. The van der Waals surface area contributed by atoms with Gasteiger partial charge < -0.3 is 10.2 Å². The zero-order valence-corrected chi connectivity index (χ0v) is 15.3. The fourth-order valence-electron chi connectivity index (χ4n) is 1.25. The monoisotopic (exact) mass is 550 g/mol. The van der Waals surface area contributed by atoms with Crippen LogP contribution in [0.1, 0.15) is 6.92 Å². The summed E-state index contributed by atoms with van der Waals surface area (Å²) in [5.41, 5.74) is 0.176. The zero-order valence-electron chi connectivity index (χ0n) is 15.3. The van der Waals surface area contributed by atoms with E-state index in [0.717, 1.165) is 0 Å². The molecule has 0 heterocycles. The van der Waals surface area contributed by atoms with Crippen molar-refractivity contribution in [2.24, 2.45) is 0 Å². The molecule has 1 atom stereocenters. The number of carboxylic acids is 1. The first-order valence-corrected chi connectivity index (χ1v) is 7.17. The number of hydrogen-bond donors (Lipinski definition) is 2. The fraction of sp³-hybridized carbons (Fsp3) is 0.692. The predicted molar refractivity (Wildman–Crippen MR) is 70.4 cm³/mol. The van der Waals surface area contributed by atoms with Crippen LogP contribution in [0, 0.1) is 0 Å². The summed E-state index contributed by atoms with van der Waals surface area (Å²) in [7, 11) is 0. The molecule has 1 unspecified atom stereocenters. The minimum absolute atomic E-state index is 0.176. The number of aliphatic carboxylic acids is 1. The van der Waals surface area contributed by atoms with Crippen LogP contribution in [0.3, 0.4) is 0 Å². The lowest BCUT2D eigenvalue weighted by molar-refractivity contribution is -0.420. The third kappa shape index (κ3) is 5.32. The van der Waals surface area contributed by atoms with Crippen molar-refractivity contribution < 1.29 is 94.4 Å². The van der Waals surface area contributed by atoms with Gasteiger partial charge in [0.05, 0.1) is 0 Å². The second-order valence-corrected chi connectivity index (χ2v) is 5.90. The Kier molecular flexibility index (Phi) is 8.97. The number of carboxylic acid groups (broad SMARTS) is 1. The number of alkyl halides is 17. The number of ketones is 1. The van der Waals surface area contributed by atoms with Crippen molar-refractivity contribution in [1.82, 2.24) is 0 Å². The molecule has 0 aliphatic heterocycles. The average Bonchev–Trinajstić information content (AvgIpc) is 2.58. The topological polar surface area (TPSA) is 74.6 Å². The molecule has 0 amide bonds. The third-order valence-corrected chi connectivity index (χ3v) is 3.26. The van der Waals surface area contributed by atoms with Gasteiger partial charge in [0.25, 0.3) is 5.78 Å². The van der Waals surface area contributed by atoms with Crippen molar-refractivity contribution >= 4 is 11.8 Å². The average molecular weight is 550 g/mol. The van der Waals surface area contributed by atoms with Crippen LogP contribution in [0.2, 0.25) is 0 Å². The van der Waals surface area contributed by atoms with Crippen LogP contribution >= 0.6 is 0 Å². The van der Waals surface area contributed by atoms with E-state index in [0.29, 0.717) is 0 Å². The molecule has 0 aliphatic carbocycles. The lowest BCUT2D eigenvalue weighted by Gasteiger charge is -2.38. The smallest absolute Gasteiger partial charge is 0.460 e. The first kappa shape index (κ1) is 33.8. The summed E-state index contributed by atoms with van der Waals surface area (Å²) in [6.45, 7) is 4.60. The molecular weight excluding hydrogens is 543 g/mol. The Morgan fingerprint density at radius 2 is 0.853 bits per heavy atom. The van der Waals surface area contributed by atoms with E-state index in [-0.39, 0.29) is 5.57 Å². The summed E-state index contributed by atoms with van der Waals surface area (Å²) in [5, 5.41) is 15.9. The quantitative estimate of drug-likeness (QED) is 0.340. The van der Waals surface area contributed by atoms with Gasteiger partial charge in [0.2, 0.25) is 0 Å². The highest BCUT2D eigenvalue weighted by Crippen LogP contribution is 2.59. The molecule has 0 aromatic carbocycles. The second-order valence-electron chi connectivity index (χ2n) is 5.90. The van der Waals surface area contributed by atoms with E-state index in [4.69, 9.17) is 10.2 Å². The number of carbonyl (C=O) groups is 2. The van der Waals surface area contributed by atoms with Gasteiger partial charge in [-0.1, -0.05) is 6.58 Å². The van der Waals surface area contributed by atoms with Crippen molar-refractivity contribution in [3.63, 3.8) is 0 Å². The molecule has 0 aromatic heterocycles. The summed E-state index contributed by atoms with van der Waals surface area (Å²) in [6.07, 6.45) is -15.3. The van der Waals surface area contributed by atoms with Gasteiger partial charge in [-0.25, -0.2) is 4.79 Å². The second kappa shape index (κ2) is 9.02. The number of Topliss-reactive ketones (excluding diaryl/α,β-unsaturated/α-hetero) is 1. The highest BCUT2D eigenvalue weighted by atomic mass is 19.4. The molecule has 0 aromatic rings. The van der Waals surface area contributed by atoms with Crippen LogP contribution in [0.15, 0.2) is 12.2 Å². The molecule has 0 spiro atoms. The van der Waals surface area contributed by atoms with Gasteiger partial charge in [0.1, 0.15) is 0 Å². The summed E-state index contributed by atoms with van der Waals surface area (Å²) >= 11 is 0. The molecule has 0 saturated carbocycles. The molecule has 0 radical (unpaired) electrons. The number of hydrogen-bond acceptors (Lipinski definition) is 3. The maximum atomic E-state index is 13.0. The Morgan fingerprint density at radius 1 is 0.588 bits per heavy atom. The van der Waals surface area contributed by atoms with Crippen LogP contribution in [0.5, 0.6) is 0 Å². The SMILES string of the molecule is C=C(C)C(=O)O.O=C(C(O)(F)C(F)(F)C(F)(F)F)C(F)(F)C(F)(F)C(F)(F)C(F)(F)C(F)(F)F. The largest absolute Gasteiger partial charge is 0.478 e. The van der Waals surface area contributed by atoms with E-state index in [1.807, 2.05) is 0 Å².